The van der Waals surface area contributed by atoms with Gasteiger partial charge in [-0.05, 0) is 42.5 Å². The van der Waals surface area contributed by atoms with Gasteiger partial charge in [0, 0.05) is 4.47 Å². The molecule has 1 aliphatic rings. The van der Waals surface area contributed by atoms with Crippen molar-refractivity contribution >= 4 is 21.9 Å². The maximum absolute atomic E-state index is 12.0. The molecule has 0 bridgehead atoms. The first-order valence-corrected chi connectivity index (χ1v) is 6.39. The van der Waals surface area contributed by atoms with Gasteiger partial charge >= 0.3 is 5.97 Å². The molecule has 0 aromatic heterocycles. The van der Waals surface area contributed by atoms with Gasteiger partial charge in [-0.15, -0.1) is 0 Å². The molecule has 2 aromatic carbocycles. The average molecular weight is 321 g/mol. The monoisotopic (exact) mass is 320 g/mol. The Morgan fingerprint density at radius 2 is 1.79 bits per heavy atom. The zero-order valence-electron chi connectivity index (χ0n) is 9.76. The van der Waals surface area contributed by atoms with Gasteiger partial charge in [-0.1, -0.05) is 15.9 Å². The Balaban J connectivity index is 1.78. The van der Waals surface area contributed by atoms with Crippen LogP contribution in [0.4, 0.5) is 0 Å². The molecule has 1 aliphatic heterocycles. The largest absolute Gasteiger partial charge is 0.454 e. The fourth-order valence-corrected chi connectivity index (χ4v) is 1.96. The number of hydrogen-bond donors (Lipinski definition) is 0. The molecular formula is C14H9BrO4. The normalized spacial score (nSPS) is 12.3. The van der Waals surface area contributed by atoms with Crippen molar-refractivity contribution in [3.63, 3.8) is 0 Å². The summed E-state index contributed by atoms with van der Waals surface area (Å²) in [6.45, 7) is 0.181. The van der Waals surface area contributed by atoms with Gasteiger partial charge in [0.25, 0.3) is 0 Å². The summed E-state index contributed by atoms with van der Waals surface area (Å²) in [5.74, 6) is 1.26. The summed E-state index contributed by atoms with van der Waals surface area (Å²) in [7, 11) is 0. The van der Waals surface area contributed by atoms with Crippen LogP contribution in [0.15, 0.2) is 46.9 Å². The minimum absolute atomic E-state index is 0.181. The number of ether oxygens (including phenoxy) is 3. The maximum atomic E-state index is 12.0. The van der Waals surface area contributed by atoms with Crippen LogP contribution in [0.3, 0.4) is 0 Å². The summed E-state index contributed by atoms with van der Waals surface area (Å²) in [6.07, 6.45) is 0. The van der Waals surface area contributed by atoms with E-state index in [0.29, 0.717) is 22.8 Å². The summed E-state index contributed by atoms with van der Waals surface area (Å²) in [6, 6.07) is 12.0. The van der Waals surface area contributed by atoms with E-state index in [4.69, 9.17) is 14.2 Å². The van der Waals surface area contributed by atoms with Crippen LogP contribution in [0.25, 0.3) is 0 Å². The molecule has 0 radical (unpaired) electrons. The van der Waals surface area contributed by atoms with E-state index in [1.54, 1.807) is 30.3 Å². The molecule has 19 heavy (non-hydrogen) atoms. The van der Waals surface area contributed by atoms with Crippen LogP contribution in [0, 0.1) is 0 Å². The lowest BCUT2D eigenvalue weighted by Crippen LogP contribution is -2.08. The van der Waals surface area contributed by atoms with Crippen LogP contribution < -0.4 is 14.2 Å². The second-order valence-corrected chi connectivity index (χ2v) is 4.83. The number of hydrogen-bond acceptors (Lipinski definition) is 4. The highest BCUT2D eigenvalue weighted by molar-refractivity contribution is 9.10. The van der Waals surface area contributed by atoms with Crippen LogP contribution in [0.5, 0.6) is 17.2 Å². The van der Waals surface area contributed by atoms with E-state index in [2.05, 4.69) is 15.9 Å². The Kier molecular flexibility index (Phi) is 3.13. The Hall–Kier alpha value is -2.01. The molecule has 1 heterocycles. The number of carbonyl (C=O) groups is 1. The molecule has 0 aliphatic carbocycles. The molecule has 0 amide bonds. The van der Waals surface area contributed by atoms with Crippen LogP contribution >= 0.6 is 15.9 Å². The molecule has 4 nitrogen and oxygen atoms in total. The van der Waals surface area contributed by atoms with E-state index in [0.717, 1.165) is 4.47 Å². The standard InChI is InChI=1S/C14H9BrO4/c15-10-2-4-11(5-3-10)19-14(16)9-1-6-12-13(7-9)18-8-17-12/h1-7H,8H2. The van der Waals surface area contributed by atoms with Crippen LogP contribution in [0.1, 0.15) is 10.4 Å². The third-order valence-electron chi connectivity index (χ3n) is 2.63. The highest BCUT2D eigenvalue weighted by Gasteiger charge is 2.17. The lowest BCUT2D eigenvalue weighted by Gasteiger charge is -2.05. The van der Waals surface area contributed by atoms with Crippen molar-refractivity contribution < 1.29 is 19.0 Å². The fraction of sp³-hybridized carbons (Fsp3) is 0.0714. The smallest absolute Gasteiger partial charge is 0.343 e. The van der Waals surface area contributed by atoms with Crippen molar-refractivity contribution in [2.45, 2.75) is 0 Å². The number of halogens is 1. The van der Waals surface area contributed by atoms with E-state index >= 15 is 0 Å². The third kappa shape index (κ3) is 2.56. The van der Waals surface area contributed by atoms with Crippen LogP contribution in [-0.4, -0.2) is 12.8 Å². The number of carbonyl (C=O) groups excluding carboxylic acids is 1. The second kappa shape index (κ2) is 4.93. The number of benzene rings is 2. The van der Waals surface area contributed by atoms with E-state index in [-0.39, 0.29) is 6.79 Å². The number of fused-ring (bicyclic) bond motifs is 1. The van der Waals surface area contributed by atoms with Crippen molar-refractivity contribution in [3.8, 4) is 17.2 Å². The predicted octanol–water partition coefficient (Wildman–Crippen LogP) is 3.40. The van der Waals surface area contributed by atoms with Crippen molar-refractivity contribution in [1.29, 1.82) is 0 Å². The SMILES string of the molecule is O=C(Oc1ccc(Br)cc1)c1ccc2c(c1)OCO2. The summed E-state index contributed by atoms with van der Waals surface area (Å²) < 4.78 is 16.6. The first kappa shape index (κ1) is 12.0. The molecule has 5 heteroatoms. The van der Waals surface area contributed by atoms with Gasteiger partial charge in [-0.25, -0.2) is 4.79 Å². The predicted molar refractivity (Wildman–Crippen MR) is 71.7 cm³/mol. The van der Waals surface area contributed by atoms with E-state index in [1.165, 1.54) is 0 Å². The molecule has 96 valence electrons. The van der Waals surface area contributed by atoms with Gasteiger partial charge < -0.3 is 14.2 Å². The lowest BCUT2D eigenvalue weighted by atomic mass is 10.2. The summed E-state index contributed by atoms with van der Waals surface area (Å²) in [5.41, 5.74) is 0.423. The molecule has 0 unspecified atom stereocenters. The zero-order valence-corrected chi connectivity index (χ0v) is 11.3. The minimum Gasteiger partial charge on any atom is -0.454 e. The zero-order chi connectivity index (χ0) is 13.2. The maximum Gasteiger partial charge on any atom is 0.343 e. The molecule has 3 rings (SSSR count). The highest BCUT2D eigenvalue weighted by atomic mass is 79.9. The van der Waals surface area contributed by atoms with Gasteiger partial charge in [0.05, 0.1) is 5.56 Å². The van der Waals surface area contributed by atoms with Crippen molar-refractivity contribution in [3.05, 3.63) is 52.5 Å². The minimum atomic E-state index is -0.430. The quantitative estimate of drug-likeness (QED) is 0.628. The molecule has 2 aromatic rings. The molecule has 0 saturated heterocycles. The van der Waals surface area contributed by atoms with Gasteiger partial charge in [-0.2, -0.15) is 0 Å². The lowest BCUT2D eigenvalue weighted by molar-refractivity contribution is 0.0734. The Labute approximate surface area is 118 Å². The van der Waals surface area contributed by atoms with Gasteiger partial charge in [0.2, 0.25) is 6.79 Å². The summed E-state index contributed by atoms with van der Waals surface area (Å²) in [4.78, 5) is 12.0. The van der Waals surface area contributed by atoms with Crippen molar-refractivity contribution in [2.75, 3.05) is 6.79 Å². The van der Waals surface area contributed by atoms with Crippen molar-refractivity contribution in [2.24, 2.45) is 0 Å². The van der Waals surface area contributed by atoms with E-state index in [1.807, 2.05) is 12.1 Å². The highest BCUT2D eigenvalue weighted by Crippen LogP contribution is 2.32. The molecular weight excluding hydrogens is 312 g/mol. The number of esters is 1. The third-order valence-corrected chi connectivity index (χ3v) is 3.16. The van der Waals surface area contributed by atoms with Crippen LogP contribution in [0.2, 0.25) is 0 Å². The Morgan fingerprint density at radius 3 is 2.58 bits per heavy atom. The van der Waals surface area contributed by atoms with Gasteiger partial charge in [-0.3, -0.25) is 0 Å². The first-order valence-electron chi connectivity index (χ1n) is 5.60. The second-order valence-electron chi connectivity index (χ2n) is 3.91. The molecule has 0 spiro atoms. The summed E-state index contributed by atoms with van der Waals surface area (Å²) in [5, 5.41) is 0. The topological polar surface area (TPSA) is 44.8 Å². The first-order chi connectivity index (χ1) is 9.22. The molecule has 0 N–H and O–H groups in total. The van der Waals surface area contributed by atoms with E-state index < -0.39 is 5.97 Å². The van der Waals surface area contributed by atoms with Gasteiger partial charge in [0.15, 0.2) is 11.5 Å². The van der Waals surface area contributed by atoms with Crippen molar-refractivity contribution in [1.82, 2.24) is 0 Å². The Bertz CT molecular complexity index is 622. The van der Waals surface area contributed by atoms with Crippen LogP contribution in [-0.2, 0) is 0 Å². The van der Waals surface area contributed by atoms with E-state index in [9.17, 15) is 4.79 Å². The number of rotatable bonds is 2. The Morgan fingerprint density at radius 1 is 1.05 bits per heavy atom. The van der Waals surface area contributed by atoms with Gasteiger partial charge in [0.1, 0.15) is 5.75 Å². The molecule has 0 fully saturated rings. The molecule has 0 atom stereocenters. The average Bonchev–Trinajstić information content (AvgIpc) is 2.88. The molecule has 0 saturated carbocycles. The fourth-order valence-electron chi connectivity index (χ4n) is 1.69. The summed E-state index contributed by atoms with van der Waals surface area (Å²) >= 11 is 3.32.